The number of nitrogens with zero attached hydrogens (tertiary/aromatic N) is 3. The number of nitrogens with one attached hydrogen (secondary N) is 1. The molecule has 0 bridgehead atoms. The summed E-state index contributed by atoms with van der Waals surface area (Å²) in [5.74, 6) is -0.187. The number of carbonyl (C=O) groups is 1. The molecule has 1 amide bonds. The molecule has 0 aliphatic carbocycles. The van der Waals surface area contributed by atoms with Crippen molar-refractivity contribution >= 4 is 11.9 Å². The maximum absolute atomic E-state index is 13.8. The summed E-state index contributed by atoms with van der Waals surface area (Å²) in [7, 11) is 0. The maximum Gasteiger partial charge on any atom is 0.302 e. The third kappa shape index (κ3) is 3.55. The second-order valence-electron chi connectivity index (χ2n) is 5.84. The van der Waals surface area contributed by atoms with Gasteiger partial charge in [0.1, 0.15) is 23.6 Å². The van der Waals surface area contributed by atoms with Crippen molar-refractivity contribution in [1.82, 2.24) is 15.0 Å². The number of oxazole rings is 1. The molecule has 0 aliphatic heterocycles. The maximum atomic E-state index is 13.8. The van der Waals surface area contributed by atoms with Crippen LogP contribution in [0.4, 0.5) is 10.4 Å². The molecule has 7 heteroatoms. The summed E-state index contributed by atoms with van der Waals surface area (Å²) < 4.78 is 19.0. The average Bonchev–Trinajstić information content (AvgIpc) is 3.03. The number of aromatic nitrogens is 3. The van der Waals surface area contributed by atoms with Crippen LogP contribution in [-0.4, -0.2) is 20.9 Å². The van der Waals surface area contributed by atoms with Gasteiger partial charge in [-0.05, 0) is 25.0 Å². The molecule has 0 saturated heterocycles. The van der Waals surface area contributed by atoms with E-state index in [0.29, 0.717) is 28.3 Å². The van der Waals surface area contributed by atoms with Crippen molar-refractivity contribution in [2.45, 2.75) is 26.7 Å². The Kier molecular flexibility index (Phi) is 4.56. The normalized spacial score (nSPS) is 10.9. The molecule has 6 nitrogen and oxygen atoms in total. The summed E-state index contributed by atoms with van der Waals surface area (Å²) in [5.41, 5.74) is 1.60. The lowest BCUT2D eigenvalue weighted by Crippen LogP contribution is -2.17. The van der Waals surface area contributed by atoms with E-state index in [9.17, 15) is 9.18 Å². The Bertz CT molecular complexity index is 921. The molecule has 0 aliphatic rings. The van der Waals surface area contributed by atoms with E-state index in [4.69, 9.17) is 4.42 Å². The molecule has 0 saturated carbocycles. The van der Waals surface area contributed by atoms with Gasteiger partial charge in [-0.25, -0.2) is 14.4 Å². The van der Waals surface area contributed by atoms with Gasteiger partial charge in [-0.2, -0.15) is 4.98 Å². The van der Waals surface area contributed by atoms with Crippen LogP contribution in [0.25, 0.3) is 11.3 Å². The first-order chi connectivity index (χ1) is 12.0. The fourth-order valence-electron chi connectivity index (χ4n) is 2.39. The van der Waals surface area contributed by atoms with Crippen LogP contribution in [0.5, 0.6) is 0 Å². The number of halogens is 1. The molecule has 3 aromatic rings. The van der Waals surface area contributed by atoms with Gasteiger partial charge in [-0.1, -0.05) is 26.0 Å². The minimum Gasteiger partial charge on any atom is -0.431 e. The van der Waals surface area contributed by atoms with Crippen molar-refractivity contribution in [1.29, 1.82) is 0 Å². The molecular formula is C18H17FN4O2. The molecule has 0 fully saturated rings. The van der Waals surface area contributed by atoms with Gasteiger partial charge in [0.2, 0.25) is 0 Å². The molecule has 2 aromatic heterocycles. The SMILES string of the molecule is Cc1ncc(C(=O)Nc2nc(-c3ccccc3F)co2)c(C(C)C)n1. The molecule has 0 atom stereocenters. The van der Waals surface area contributed by atoms with Crippen molar-refractivity contribution in [2.75, 3.05) is 5.32 Å². The smallest absolute Gasteiger partial charge is 0.302 e. The second kappa shape index (κ2) is 6.80. The van der Waals surface area contributed by atoms with Crippen LogP contribution in [0, 0.1) is 12.7 Å². The topological polar surface area (TPSA) is 80.9 Å². The predicted octanol–water partition coefficient (Wildman–Crippen LogP) is 3.95. The minimum absolute atomic E-state index is 0.0152. The lowest BCUT2D eigenvalue weighted by atomic mass is 10.0. The molecule has 2 heterocycles. The zero-order chi connectivity index (χ0) is 18.0. The van der Waals surface area contributed by atoms with E-state index in [0.717, 1.165) is 0 Å². The van der Waals surface area contributed by atoms with E-state index in [2.05, 4.69) is 20.3 Å². The van der Waals surface area contributed by atoms with E-state index in [1.54, 1.807) is 25.1 Å². The van der Waals surface area contributed by atoms with Gasteiger partial charge in [0.25, 0.3) is 5.91 Å². The second-order valence-corrected chi connectivity index (χ2v) is 5.84. The Morgan fingerprint density at radius 3 is 2.72 bits per heavy atom. The molecule has 1 N–H and O–H groups in total. The zero-order valence-electron chi connectivity index (χ0n) is 14.1. The van der Waals surface area contributed by atoms with Gasteiger partial charge < -0.3 is 4.42 Å². The summed E-state index contributed by atoms with van der Waals surface area (Å²) >= 11 is 0. The number of carbonyl (C=O) groups excluding carboxylic acids is 1. The highest BCUT2D eigenvalue weighted by Gasteiger charge is 2.19. The largest absolute Gasteiger partial charge is 0.431 e. The van der Waals surface area contributed by atoms with Crippen LogP contribution >= 0.6 is 0 Å². The van der Waals surface area contributed by atoms with Crippen LogP contribution in [-0.2, 0) is 0 Å². The highest BCUT2D eigenvalue weighted by molar-refractivity contribution is 6.03. The third-order valence-electron chi connectivity index (χ3n) is 3.60. The van der Waals surface area contributed by atoms with Crippen LogP contribution < -0.4 is 5.32 Å². The van der Waals surface area contributed by atoms with Crippen molar-refractivity contribution in [3.05, 3.63) is 59.6 Å². The molecule has 3 rings (SSSR count). The van der Waals surface area contributed by atoms with E-state index in [-0.39, 0.29) is 11.9 Å². The third-order valence-corrected chi connectivity index (χ3v) is 3.60. The lowest BCUT2D eigenvalue weighted by molar-refractivity contribution is 0.102. The van der Waals surface area contributed by atoms with Gasteiger partial charge in [-0.15, -0.1) is 0 Å². The number of amides is 1. The standard InChI is InChI=1S/C18H17FN4O2/c1-10(2)16-13(8-20-11(3)21-16)17(24)23-18-22-15(9-25-18)12-6-4-5-7-14(12)19/h4-10H,1-3H3,(H,22,23,24). The first kappa shape index (κ1) is 16.8. The predicted molar refractivity (Wildman–Crippen MR) is 90.7 cm³/mol. The Labute approximate surface area is 144 Å². The summed E-state index contributed by atoms with van der Waals surface area (Å²) in [6, 6.07) is 6.19. The highest BCUT2D eigenvalue weighted by atomic mass is 19.1. The van der Waals surface area contributed by atoms with Gasteiger partial charge in [0, 0.05) is 11.8 Å². The van der Waals surface area contributed by atoms with Crippen molar-refractivity contribution in [3.8, 4) is 11.3 Å². The molecule has 128 valence electrons. The number of hydrogen-bond donors (Lipinski definition) is 1. The number of benzene rings is 1. The van der Waals surface area contributed by atoms with Gasteiger partial charge in [-0.3, -0.25) is 10.1 Å². The summed E-state index contributed by atoms with van der Waals surface area (Å²) in [5, 5.41) is 2.56. The van der Waals surface area contributed by atoms with E-state index >= 15 is 0 Å². The van der Waals surface area contributed by atoms with E-state index < -0.39 is 11.7 Å². The number of rotatable bonds is 4. The van der Waals surface area contributed by atoms with Gasteiger partial charge in [0.15, 0.2) is 0 Å². The monoisotopic (exact) mass is 340 g/mol. The average molecular weight is 340 g/mol. The van der Waals surface area contributed by atoms with Crippen molar-refractivity contribution in [2.24, 2.45) is 0 Å². The Hall–Kier alpha value is -3.09. The summed E-state index contributed by atoms with van der Waals surface area (Å²) in [6.07, 6.45) is 2.77. The minimum atomic E-state index is -0.425. The van der Waals surface area contributed by atoms with Crippen LogP contribution in [0.1, 0.15) is 41.6 Å². The van der Waals surface area contributed by atoms with Gasteiger partial charge >= 0.3 is 6.01 Å². The molecule has 0 unspecified atom stereocenters. The quantitative estimate of drug-likeness (QED) is 0.777. The molecule has 0 radical (unpaired) electrons. The fourth-order valence-corrected chi connectivity index (χ4v) is 2.39. The molecule has 0 spiro atoms. The first-order valence-corrected chi connectivity index (χ1v) is 7.81. The molecule has 1 aromatic carbocycles. The van der Waals surface area contributed by atoms with Crippen molar-refractivity contribution < 1.29 is 13.6 Å². The van der Waals surface area contributed by atoms with E-state index in [1.807, 2.05) is 13.8 Å². The Morgan fingerprint density at radius 1 is 1.24 bits per heavy atom. The van der Waals surface area contributed by atoms with Crippen molar-refractivity contribution in [3.63, 3.8) is 0 Å². The molecule has 25 heavy (non-hydrogen) atoms. The van der Waals surface area contributed by atoms with E-state index in [1.165, 1.54) is 18.5 Å². The van der Waals surface area contributed by atoms with Crippen LogP contribution in [0.15, 0.2) is 41.1 Å². The van der Waals surface area contributed by atoms with Gasteiger partial charge in [0.05, 0.1) is 11.3 Å². The Balaban J connectivity index is 1.85. The first-order valence-electron chi connectivity index (χ1n) is 7.81. The summed E-state index contributed by atoms with van der Waals surface area (Å²) in [6.45, 7) is 5.66. The fraction of sp³-hybridized carbons (Fsp3) is 0.222. The van der Waals surface area contributed by atoms with Crippen LogP contribution in [0.2, 0.25) is 0 Å². The molecular weight excluding hydrogens is 323 g/mol. The Morgan fingerprint density at radius 2 is 2.00 bits per heavy atom. The number of anilines is 1. The number of hydrogen-bond acceptors (Lipinski definition) is 5. The highest BCUT2D eigenvalue weighted by Crippen LogP contribution is 2.24. The lowest BCUT2D eigenvalue weighted by Gasteiger charge is -2.10. The number of aryl methyl sites for hydroxylation is 1. The van der Waals surface area contributed by atoms with Crippen LogP contribution in [0.3, 0.4) is 0 Å². The summed E-state index contributed by atoms with van der Waals surface area (Å²) in [4.78, 5) is 25.0. The zero-order valence-corrected chi connectivity index (χ0v) is 14.1.